The number of fused-ring (bicyclic) bond motifs is 1. The molecule has 1 amide bonds. The lowest BCUT2D eigenvalue weighted by molar-refractivity contribution is -0.374. The molecule has 7 rings (SSSR count). The van der Waals surface area contributed by atoms with Crippen molar-refractivity contribution in [2.75, 3.05) is 27.3 Å². The van der Waals surface area contributed by atoms with Gasteiger partial charge in [0.25, 0.3) is 0 Å². The van der Waals surface area contributed by atoms with Gasteiger partial charge >= 0.3 is 0 Å². The van der Waals surface area contributed by atoms with Crippen molar-refractivity contribution in [1.29, 1.82) is 0 Å². The largest absolute Gasteiger partial charge is 0.359 e. The van der Waals surface area contributed by atoms with E-state index < -0.39 is 22.4 Å². The average Bonchev–Trinajstić information content (AvgIpc) is 3.01. The van der Waals surface area contributed by atoms with E-state index in [2.05, 4.69) is 13.0 Å². The molecule has 5 fully saturated rings. The lowest BCUT2D eigenvalue weighted by Crippen LogP contribution is -2.78. The standard InChI is InChI=1S/C25H31NO6/c1-15(27)17-7-8-24-18-6-5-16-11-23(30-4)10-9-21(16,2)25(18,32-23)19(28)12-22(17,24)14-26(3)20(29)13-31-24/h6-7,16H,5,8-14H2,1-4H3/t16-,21+,22+,23-,24+,25+/m1/s1. The van der Waals surface area contributed by atoms with Gasteiger partial charge in [-0.25, -0.2) is 0 Å². The molecule has 7 nitrogen and oxygen atoms in total. The van der Waals surface area contributed by atoms with Crippen LogP contribution in [0.2, 0.25) is 0 Å². The van der Waals surface area contributed by atoms with Crippen molar-refractivity contribution < 1.29 is 28.6 Å². The number of amides is 1. The number of Topliss-reactive ketones (excluding diaryl/α,β-unsaturated/α-hetero) is 2. The Hall–Kier alpha value is -1.83. The van der Waals surface area contributed by atoms with Gasteiger partial charge in [0.05, 0.1) is 5.41 Å². The van der Waals surface area contributed by atoms with Gasteiger partial charge in [-0.3, -0.25) is 14.4 Å². The second-order valence-electron chi connectivity index (χ2n) is 11.0. The Kier molecular flexibility index (Phi) is 3.88. The Morgan fingerprint density at radius 3 is 2.75 bits per heavy atom. The topological polar surface area (TPSA) is 82.1 Å². The summed E-state index contributed by atoms with van der Waals surface area (Å²) in [6, 6.07) is 0. The summed E-state index contributed by atoms with van der Waals surface area (Å²) in [6.45, 7) is 3.94. The van der Waals surface area contributed by atoms with Crippen molar-refractivity contribution in [3.8, 4) is 0 Å². The van der Waals surface area contributed by atoms with Gasteiger partial charge in [-0.2, -0.15) is 0 Å². The summed E-state index contributed by atoms with van der Waals surface area (Å²) in [5.41, 5.74) is -1.90. The van der Waals surface area contributed by atoms with Crippen LogP contribution in [0.25, 0.3) is 0 Å². The average molecular weight is 442 g/mol. The predicted octanol–water partition coefficient (Wildman–Crippen LogP) is 2.34. The van der Waals surface area contributed by atoms with Gasteiger partial charge < -0.3 is 19.1 Å². The van der Waals surface area contributed by atoms with Gasteiger partial charge in [0, 0.05) is 57.4 Å². The summed E-state index contributed by atoms with van der Waals surface area (Å²) in [7, 11) is 3.40. The number of hydrogen-bond donors (Lipinski definition) is 0. The summed E-state index contributed by atoms with van der Waals surface area (Å²) < 4.78 is 19.3. The number of likely N-dealkylation sites (N-methyl/N-ethyl adjacent to an activating group) is 1. The molecule has 7 heteroatoms. The van der Waals surface area contributed by atoms with E-state index in [1.807, 2.05) is 6.08 Å². The van der Waals surface area contributed by atoms with Gasteiger partial charge in [-0.05, 0) is 31.3 Å². The van der Waals surface area contributed by atoms with Gasteiger partial charge in [-0.15, -0.1) is 0 Å². The van der Waals surface area contributed by atoms with Crippen molar-refractivity contribution in [2.24, 2.45) is 16.7 Å². The van der Waals surface area contributed by atoms with Crippen LogP contribution in [0.1, 0.15) is 52.4 Å². The van der Waals surface area contributed by atoms with E-state index in [9.17, 15) is 14.4 Å². The van der Waals surface area contributed by atoms with Crippen LogP contribution in [0.5, 0.6) is 0 Å². The number of methoxy groups -OCH3 is 1. The summed E-state index contributed by atoms with van der Waals surface area (Å²) in [5.74, 6) is -0.710. The van der Waals surface area contributed by atoms with Crippen molar-refractivity contribution in [1.82, 2.24) is 4.90 Å². The number of hydrogen-bond acceptors (Lipinski definition) is 6. The molecule has 3 heterocycles. The fourth-order valence-corrected chi connectivity index (χ4v) is 8.29. The Morgan fingerprint density at radius 1 is 1.25 bits per heavy atom. The van der Waals surface area contributed by atoms with Crippen LogP contribution in [-0.2, 0) is 28.6 Å². The van der Waals surface area contributed by atoms with Gasteiger partial charge in [0.2, 0.25) is 5.91 Å². The minimum atomic E-state index is -1.14. The monoisotopic (exact) mass is 441 g/mol. The maximum atomic E-state index is 14.4. The van der Waals surface area contributed by atoms with E-state index in [0.29, 0.717) is 12.0 Å². The molecular weight excluding hydrogens is 410 g/mol. The quantitative estimate of drug-likeness (QED) is 0.612. The third kappa shape index (κ3) is 1.99. The lowest BCUT2D eigenvalue weighted by atomic mass is 9.41. The molecule has 32 heavy (non-hydrogen) atoms. The first kappa shape index (κ1) is 20.8. The second kappa shape index (κ2) is 5.99. The first-order chi connectivity index (χ1) is 15.1. The first-order valence-electron chi connectivity index (χ1n) is 11.7. The molecule has 6 atom stereocenters. The Labute approximate surface area is 188 Å². The Morgan fingerprint density at radius 2 is 2.03 bits per heavy atom. The fraction of sp³-hybridized carbons (Fsp3) is 0.720. The molecule has 3 aliphatic heterocycles. The zero-order valence-corrected chi connectivity index (χ0v) is 19.3. The van der Waals surface area contributed by atoms with Crippen LogP contribution in [-0.4, -0.2) is 66.7 Å². The number of allylic oxidation sites excluding steroid dienone is 1. The highest BCUT2D eigenvalue weighted by Gasteiger charge is 2.80. The maximum absolute atomic E-state index is 14.4. The minimum absolute atomic E-state index is 0.00667. The van der Waals surface area contributed by atoms with Crippen LogP contribution in [0.3, 0.4) is 0 Å². The van der Waals surface area contributed by atoms with Gasteiger partial charge in [0.1, 0.15) is 12.2 Å². The van der Waals surface area contributed by atoms with Crippen LogP contribution < -0.4 is 0 Å². The Balaban J connectivity index is 1.62. The lowest BCUT2D eigenvalue weighted by Gasteiger charge is -2.71. The van der Waals surface area contributed by atoms with E-state index in [1.54, 1.807) is 26.0 Å². The van der Waals surface area contributed by atoms with E-state index in [4.69, 9.17) is 14.2 Å². The third-order valence-electron chi connectivity index (χ3n) is 9.91. The van der Waals surface area contributed by atoms with Crippen LogP contribution in [0.15, 0.2) is 23.3 Å². The molecule has 0 aromatic rings. The van der Waals surface area contributed by atoms with Crippen molar-refractivity contribution in [3.63, 3.8) is 0 Å². The second-order valence-corrected chi connectivity index (χ2v) is 11.0. The number of carbonyl (C=O) groups excluding carboxylic acids is 3. The molecule has 172 valence electrons. The van der Waals surface area contributed by atoms with E-state index in [-0.39, 0.29) is 48.4 Å². The van der Waals surface area contributed by atoms with E-state index in [1.165, 1.54) is 0 Å². The molecule has 1 spiro atoms. The molecule has 2 saturated carbocycles. The maximum Gasteiger partial charge on any atom is 0.248 e. The normalized spacial score (nSPS) is 49.0. The van der Waals surface area contributed by atoms with Gasteiger partial charge in [0.15, 0.2) is 23.0 Å². The minimum Gasteiger partial charge on any atom is -0.359 e. The predicted molar refractivity (Wildman–Crippen MR) is 113 cm³/mol. The van der Waals surface area contributed by atoms with Crippen molar-refractivity contribution in [2.45, 2.75) is 69.4 Å². The van der Waals surface area contributed by atoms with Crippen LogP contribution >= 0.6 is 0 Å². The van der Waals surface area contributed by atoms with Gasteiger partial charge in [-0.1, -0.05) is 19.1 Å². The molecule has 0 aromatic heterocycles. The number of rotatable bonds is 2. The van der Waals surface area contributed by atoms with Crippen LogP contribution in [0, 0.1) is 16.7 Å². The number of nitrogens with zero attached hydrogens (tertiary/aromatic N) is 1. The molecule has 0 unspecified atom stereocenters. The summed E-state index contributed by atoms with van der Waals surface area (Å²) in [4.78, 5) is 41.5. The SMILES string of the molecule is CO[C@]12CC[C@@]3(C)[C@H](CC=C4[C@]3(O1)C(=O)C[C@@]13CN(C)C(=O)CO[C@@]41CC=C3C(C)=O)C2. The highest BCUT2D eigenvalue weighted by molar-refractivity contribution is 6.02. The molecule has 4 aliphatic carbocycles. The molecule has 4 bridgehead atoms. The van der Waals surface area contributed by atoms with Crippen molar-refractivity contribution >= 4 is 17.5 Å². The number of ketones is 2. The number of ether oxygens (including phenoxy) is 3. The molecule has 7 aliphatic rings. The highest BCUT2D eigenvalue weighted by Crippen LogP contribution is 2.73. The Bertz CT molecular complexity index is 1030. The molecule has 0 radical (unpaired) electrons. The highest BCUT2D eigenvalue weighted by atomic mass is 16.7. The summed E-state index contributed by atoms with van der Waals surface area (Å²) in [6.07, 6.45) is 7.87. The first-order valence-corrected chi connectivity index (χ1v) is 11.7. The zero-order chi connectivity index (χ0) is 22.7. The van der Waals surface area contributed by atoms with Crippen molar-refractivity contribution in [3.05, 3.63) is 23.3 Å². The zero-order valence-electron chi connectivity index (χ0n) is 19.3. The third-order valence-corrected chi connectivity index (χ3v) is 9.91. The smallest absolute Gasteiger partial charge is 0.248 e. The van der Waals surface area contributed by atoms with Crippen LogP contribution in [0.4, 0.5) is 0 Å². The summed E-state index contributed by atoms with van der Waals surface area (Å²) >= 11 is 0. The fourth-order valence-electron chi connectivity index (χ4n) is 8.29. The molecule has 3 saturated heterocycles. The number of carbonyl (C=O) groups is 3. The molecule has 0 aromatic carbocycles. The summed E-state index contributed by atoms with van der Waals surface area (Å²) in [5, 5.41) is 0. The van der Waals surface area contributed by atoms with E-state index >= 15 is 0 Å². The molecule has 0 N–H and O–H groups in total. The van der Waals surface area contributed by atoms with E-state index in [0.717, 1.165) is 31.3 Å². The molecular formula is C25H31NO6.